The second-order valence-electron chi connectivity index (χ2n) is 10.7. The minimum atomic E-state index is -0.110. The second kappa shape index (κ2) is 6.96. The minimum absolute atomic E-state index is 0.110. The number of aromatic nitrogens is 1. The molecule has 4 aliphatic rings. The van der Waals surface area contributed by atoms with Gasteiger partial charge in [-0.1, -0.05) is 26.0 Å². The van der Waals surface area contributed by atoms with Crippen molar-refractivity contribution in [2.45, 2.75) is 78.2 Å². The van der Waals surface area contributed by atoms with E-state index in [0.717, 1.165) is 36.5 Å². The van der Waals surface area contributed by atoms with Gasteiger partial charge in [-0.3, -0.25) is 9.78 Å². The molecule has 0 N–H and O–H groups in total. The van der Waals surface area contributed by atoms with Gasteiger partial charge in [0.1, 0.15) is 6.10 Å². The van der Waals surface area contributed by atoms with Crippen molar-refractivity contribution in [2.75, 3.05) is 0 Å². The third kappa shape index (κ3) is 2.99. The van der Waals surface area contributed by atoms with E-state index in [-0.39, 0.29) is 12.1 Å². The van der Waals surface area contributed by atoms with Crippen LogP contribution in [0.1, 0.15) is 77.7 Å². The van der Waals surface area contributed by atoms with Crippen molar-refractivity contribution >= 4 is 11.5 Å². The summed E-state index contributed by atoms with van der Waals surface area (Å²) in [5, 5.41) is 0. The average Bonchev–Trinajstić information content (AvgIpc) is 3.06. The first-order valence-electron chi connectivity index (χ1n) is 11.7. The van der Waals surface area contributed by atoms with E-state index in [1.165, 1.54) is 44.1 Å². The molecule has 4 aliphatic carbocycles. The topological polar surface area (TPSA) is 39.2 Å². The third-order valence-electron chi connectivity index (χ3n) is 9.50. The van der Waals surface area contributed by atoms with Crippen LogP contribution in [0.3, 0.4) is 0 Å². The predicted octanol–water partition coefficient (Wildman–Crippen LogP) is 6.05. The number of ether oxygens (including phenoxy) is 1. The van der Waals surface area contributed by atoms with Crippen LogP contribution in [0.4, 0.5) is 0 Å². The zero-order chi connectivity index (χ0) is 20.2. The van der Waals surface area contributed by atoms with Gasteiger partial charge in [-0.15, -0.1) is 0 Å². The molecule has 3 nitrogen and oxygen atoms in total. The molecule has 3 fully saturated rings. The number of carbonyl (C=O) groups is 1. The fourth-order valence-corrected chi connectivity index (χ4v) is 8.10. The highest BCUT2D eigenvalue weighted by Gasteiger charge is 2.58. The van der Waals surface area contributed by atoms with Crippen LogP contribution in [0, 0.1) is 34.5 Å². The summed E-state index contributed by atoms with van der Waals surface area (Å²) in [6, 6.07) is 4.32. The van der Waals surface area contributed by atoms with Gasteiger partial charge in [0.25, 0.3) is 0 Å². The van der Waals surface area contributed by atoms with Gasteiger partial charge in [0, 0.05) is 19.3 Å². The molecule has 0 radical (unpaired) electrons. The van der Waals surface area contributed by atoms with Crippen LogP contribution in [0.2, 0.25) is 0 Å². The van der Waals surface area contributed by atoms with E-state index >= 15 is 0 Å². The van der Waals surface area contributed by atoms with Crippen LogP contribution < -0.4 is 0 Å². The fraction of sp³-hybridized carbons (Fsp3) is 0.692. The van der Waals surface area contributed by atoms with Crippen molar-refractivity contribution < 1.29 is 9.53 Å². The van der Waals surface area contributed by atoms with Gasteiger partial charge in [-0.05, 0) is 103 Å². The Kier molecular flexibility index (Phi) is 4.64. The molecule has 5 rings (SSSR count). The van der Waals surface area contributed by atoms with Crippen LogP contribution in [-0.4, -0.2) is 17.1 Å². The standard InChI is InChI=1S/C26H35NO2/c1-17(28)29-20-10-12-25(2)19(15-20)6-7-21-23-9-8-22(18-5-4-14-27-16-18)26(23,3)13-11-24(21)25/h4-5,8,14,16,19-21,23-24H,6-7,9-13,15H2,1-3H3/t19-,20+,21-,23-,24-,25-,26+/m0/s1. The van der Waals surface area contributed by atoms with E-state index in [1.54, 1.807) is 12.5 Å². The highest BCUT2D eigenvalue weighted by atomic mass is 16.5. The van der Waals surface area contributed by atoms with Crippen LogP contribution in [-0.2, 0) is 9.53 Å². The largest absolute Gasteiger partial charge is 0.463 e. The summed E-state index contributed by atoms with van der Waals surface area (Å²) < 4.78 is 5.62. The number of esters is 1. The van der Waals surface area contributed by atoms with Crippen molar-refractivity contribution in [3.8, 4) is 0 Å². The van der Waals surface area contributed by atoms with E-state index in [0.29, 0.717) is 10.8 Å². The van der Waals surface area contributed by atoms with Gasteiger partial charge in [-0.25, -0.2) is 0 Å². The summed E-state index contributed by atoms with van der Waals surface area (Å²) in [6.45, 7) is 6.66. The summed E-state index contributed by atoms with van der Waals surface area (Å²) in [5.74, 6) is 3.06. The van der Waals surface area contributed by atoms with Gasteiger partial charge < -0.3 is 4.74 Å². The van der Waals surface area contributed by atoms with E-state index in [1.807, 2.05) is 6.20 Å². The number of hydrogen-bond acceptors (Lipinski definition) is 3. The molecule has 3 saturated carbocycles. The Labute approximate surface area is 175 Å². The summed E-state index contributed by atoms with van der Waals surface area (Å²) in [6.07, 6.45) is 16.5. The number of carbonyl (C=O) groups excluding carboxylic acids is 1. The SMILES string of the molecule is CC(=O)O[C@@H]1CC[C@@]2(C)[C@@H](CC[C@@H]3[C@@H]2CC[C@]2(C)C(c4cccnc4)=CC[C@@H]32)C1. The smallest absolute Gasteiger partial charge is 0.302 e. The highest BCUT2D eigenvalue weighted by molar-refractivity contribution is 5.72. The van der Waals surface area contributed by atoms with E-state index in [9.17, 15) is 4.79 Å². The molecule has 1 aromatic rings. The first-order chi connectivity index (χ1) is 13.9. The lowest BCUT2D eigenvalue weighted by Gasteiger charge is -2.60. The first kappa shape index (κ1) is 19.3. The molecule has 0 bridgehead atoms. The Bertz CT molecular complexity index is 817. The Morgan fingerprint density at radius 1 is 1.14 bits per heavy atom. The maximum atomic E-state index is 11.5. The molecule has 29 heavy (non-hydrogen) atoms. The molecule has 0 unspecified atom stereocenters. The Morgan fingerprint density at radius 2 is 2.00 bits per heavy atom. The molecule has 0 aromatic carbocycles. The molecule has 1 heterocycles. The first-order valence-corrected chi connectivity index (χ1v) is 11.7. The average molecular weight is 394 g/mol. The Balaban J connectivity index is 1.37. The van der Waals surface area contributed by atoms with Crippen molar-refractivity contribution in [2.24, 2.45) is 34.5 Å². The number of pyridine rings is 1. The van der Waals surface area contributed by atoms with Crippen molar-refractivity contribution in [3.63, 3.8) is 0 Å². The van der Waals surface area contributed by atoms with Crippen LogP contribution in [0.15, 0.2) is 30.6 Å². The molecule has 0 saturated heterocycles. The van der Waals surface area contributed by atoms with Crippen LogP contribution in [0.25, 0.3) is 5.57 Å². The summed E-state index contributed by atoms with van der Waals surface area (Å²) >= 11 is 0. The predicted molar refractivity (Wildman–Crippen MR) is 115 cm³/mol. The van der Waals surface area contributed by atoms with E-state index < -0.39 is 0 Å². The molecular weight excluding hydrogens is 358 g/mol. The monoisotopic (exact) mass is 393 g/mol. The second-order valence-corrected chi connectivity index (χ2v) is 10.7. The fourth-order valence-electron chi connectivity index (χ4n) is 8.10. The van der Waals surface area contributed by atoms with Crippen molar-refractivity contribution in [3.05, 3.63) is 36.2 Å². The lowest BCUT2D eigenvalue weighted by Crippen LogP contribution is -2.53. The van der Waals surface area contributed by atoms with Crippen LogP contribution in [0.5, 0.6) is 0 Å². The number of rotatable bonds is 2. The maximum Gasteiger partial charge on any atom is 0.302 e. The Hall–Kier alpha value is -1.64. The molecular formula is C26H35NO2. The summed E-state index contributed by atoms with van der Waals surface area (Å²) in [5.41, 5.74) is 3.62. The van der Waals surface area contributed by atoms with Crippen molar-refractivity contribution in [1.29, 1.82) is 0 Å². The molecule has 0 aliphatic heterocycles. The van der Waals surface area contributed by atoms with Crippen LogP contribution >= 0.6 is 0 Å². The molecule has 0 amide bonds. The van der Waals surface area contributed by atoms with Gasteiger partial charge in [0.2, 0.25) is 0 Å². The molecule has 156 valence electrons. The van der Waals surface area contributed by atoms with Crippen molar-refractivity contribution in [1.82, 2.24) is 4.98 Å². The number of allylic oxidation sites excluding steroid dienone is 2. The lowest BCUT2D eigenvalue weighted by atomic mass is 9.44. The minimum Gasteiger partial charge on any atom is -0.463 e. The normalized spacial score (nSPS) is 43.6. The number of hydrogen-bond donors (Lipinski definition) is 0. The zero-order valence-electron chi connectivity index (χ0n) is 18.2. The Morgan fingerprint density at radius 3 is 2.76 bits per heavy atom. The van der Waals surface area contributed by atoms with Gasteiger partial charge in [0.15, 0.2) is 0 Å². The number of nitrogens with zero attached hydrogens (tertiary/aromatic N) is 1. The van der Waals surface area contributed by atoms with Gasteiger partial charge in [-0.2, -0.15) is 0 Å². The van der Waals surface area contributed by atoms with Gasteiger partial charge in [0.05, 0.1) is 0 Å². The third-order valence-corrected chi connectivity index (χ3v) is 9.50. The maximum absolute atomic E-state index is 11.5. The van der Waals surface area contributed by atoms with E-state index in [4.69, 9.17) is 4.74 Å². The highest BCUT2D eigenvalue weighted by Crippen LogP contribution is 2.67. The molecule has 3 heteroatoms. The number of fused-ring (bicyclic) bond motifs is 5. The molecule has 0 spiro atoms. The van der Waals surface area contributed by atoms with Gasteiger partial charge >= 0.3 is 5.97 Å². The summed E-state index contributed by atoms with van der Waals surface area (Å²) in [7, 11) is 0. The quantitative estimate of drug-likeness (QED) is 0.574. The molecule has 7 atom stereocenters. The summed E-state index contributed by atoms with van der Waals surface area (Å²) in [4.78, 5) is 15.9. The molecule has 1 aromatic heterocycles. The van der Waals surface area contributed by atoms with E-state index in [2.05, 4.69) is 43.2 Å². The zero-order valence-corrected chi connectivity index (χ0v) is 18.2. The lowest BCUT2D eigenvalue weighted by molar-refractivity contribution is -0.158.